The molecule has 0 aromatic rings. The Balaban J connectivity index is 1.62. The number of nitrogens with zero attached hydrogens (tertiary/aromatic N) is 1. The predicted octanol–water partition coefficient (Wildman–Crippen LogP) is 0.683. The summed E-state index contributed by atoms with van der Waals surface area (Å²) in [6.07, 6.45) is 5.43. The summed E-state index contributed by atoms with van der Waals surface area (Å²) >= 11 is 0. The lowest BCUT2D eigenvalue weighted by molar-refractivity contribution is 0.184. The molecule has 5 nitrogen and oxygen atoms in total. The lowest BCUT2D eigenvalue weighted by Gasteiger charge is -2.32. The summed E-state index contributed by atoms with van der Waals surface area (Å²) in [5, 5.41) is 14.7. The Morgan fingerprint density at radius 1 is 1.33 bits per heavy atom. The number of carbonyl (C=O) groups excluding carboxylic acids is 1. The van der Waals surface area contributed by atoms with Crippen molar-refractivity contribution in [2.75, 3.05) is 19.7 Å². The number of aliphatic hydroxyl groups is 1. The molecule has 0 unspecified atom stereocenters. The van der Waals surface area contributed by atoms with Crippen LogP contribution in [0.4, 0.5) is 4.79 Å². The van der Waals surface area contributed by atoms with Crippen LogP contribution in [0.2, 0.25) is 0 Å². The third-order valence-corrected chi connectivity index (χ3v) is 3.87. The number of hydrogen-bond donors (Lipinski definition) is 3. The van der Waals surface area contributed by atoms with E-state index >= 15 is 0 Å². The maximum absolute atomic E-state index is 11.7. The van der Waals surface area contributed by atoms with E-state index in [1.807, 2.05) is 6.92 Å². The molecule has 1 aliphatic carbocycles. The maximum atomic E-state index is 11.7. The molecule has 0 bridgehead atoms. The zero-order valence-electron chi connectivity index (χ0n) is 11.2. The largest absolute Gasteiger partial charge is 0.396 e. The third kappa shape index (κ3) is 4.14. The van der Waals surface area contributed by atoms with Crippen LogP contribution in [0.25, 0.3) is 0 Å². The van der Waals surface area contributed by atoms with Gasteiger partial charge in [0.1, 0.15) is 0 Å². The molecule has 0 aromatic carbocycles. The van der Waals surface area contributed by atoms with Gasteiger partial charge < -0.3 is 20.6 Å². The van der Waals surface area contributed by atoms with Crippen molar-refractivity contribution in [2.45, 2.75) is 57.2 Å². The van der Waals surface area contributed by atoms with Gasteiger partial charge in [-0.05, 0) is 39.0 Å². The van der Waals surface area contributed by atoms with Crippen molar-refractivity contribution in [3.63, 3.8) is 0 Å². The number of carbonyl (C=O) groups is 1. The molecule has 2 amide bonds. The normalized spacial score (nSPS) is 23.7. The van der Waals surface area contributed by atoms with E-state index < -0.39 is 0 Å². The Kier molecular flexibility index (Phi) is 4.83. The highest BCUT2D eigenvalue weighted by Gasteiger charge is 2.32. The quantitative estimate of drug-likeness (QED) is 0.677. The predicted molar refractivity (Wildman–Crippen MR) is 70.4 cm³/mol. The summed E-state index contributed by atoms with van der Waals surface area (Å²) in [7, 11) is 0. The van der Waals surface area contributed by atoms with Crippen molar-refractivity contribution < 1.29 is 9.90 Å². The highest BCUT2D eigenvalue weighted by atomic mass is 16.3. The number of piperidine rings is 1. The van der Waals surface area contributed by atoms with Gasteiger partial charge in [0.25, 0.3) is 0 Å². The van der Waals surface area contributed by atoms with Crippen LogP contribution in [-0.2, 0) is 0 Å². The van der Waals surface area contributed by atoms with Crippen LogP contribution in [0, 0.1) is 0 Å². The number of hydrogen-bond acceptors (Lipinski definition) is 3. The zero-order chi connectivity index (χ0) is 13.0. The molecular formula is C13H25N3O2. The highest BCUT2D eigenvalue weighted by molar-refractivity contribution is 5.74. The molecule has 2 aliphatic rings. The summed E-state index contributed by atoms with van der Waals surface area (Å²) in [5.74, 6) is 0. The summed E-state index contributed by atoms with van der Waals surface area (Å²) in [4.78, 5) is 14.3. The van der Waals surface area contributed by atoms with Crippen molar-refractivity contribution >= 4 is 6.03 Å². The smallest absolute Gasteiger partial charge is 0.315 e. The first-order chi connectivity index (χ1) is 8.69. The van der Waals surface area contributed by atoms with Gasteiger partial charge in [-0.25, -0.2) is 4.79 Å². The molecule has 2 rings (SSSR count). The molecule has 18 heavy (non-hydrogen) atoms. The number of nitrogens with one attached hydrogen (secondary N) is 2. The van der Waals surface area contributed by atoms with Gasteiger partial charge in [-0.1, -0.05) is 0 Å². The highest BCUT2D eigenvalue weighted by Crippen LogP contribution is 2.29. The lowest BCUT2D eigenvalue weighted by Crippen LogP contribution is -2.50. The molecule has 0 radical (unpaired) electrons. The van der Waals surface area contributed by atoms with E-state index in [4.69, 9.17) is 5.11 Å². The Labute approximate surface area is 109 Å². The van der Waals surface area contributed by atoms with E-state index in [-0.39, 0.29) is 18.7 Å². The van der Waals surface area contributed by atoms with Crippen molar-refractivity contribution in [3.05, 3.63) is 0 Å². The average molecular weight is 255 g/mol. The molecular weight excluding hydrogens is 230 g/mol. The van der Waals surface area contributed by atoms with Crippen LogP contribution in [0.3, 0.4) is 0 Å². The number of rotatable bonds is 5. The second kappa shape index (κ2) is 6.38. The van der Waals surface area contributed by atoms with Gasteiger partial charge in [0, 0.05) is 37.8 Å². The fraction of sp³-hybridized carbons (Fsp3) is 0.923. The third-order valence-electron chi connectivity index (χ3n) is 3.87. The number of aliphatic hydroxyl groups excluding tert-OH is 1. The zero-order valence-corrected chi connectivity index (χ0v) is 11.2. The fourth-order valence-electron chi connectivity index (χ4n) is 2.57. The Hall–Kier alpha value is -0.810. The minimum Gasteiger partial charge on any atom is -0.396 e. The van der Waals surface area contributed by atoms with E-state index in [0.717, 1.165) is 32.0 Å². The monoisotopic (exact) mass is 255 g/mol. The van der Waals surface area contributed by atoms with Gasteiger partial charge in [0.2, 0.25) is 0 Å². The van der Waals surface area contributed by atoms with E-state index in [1.165, 1.54) is 12.8 Å². The lowest BCUT2D eigenvalue weighted by atomic mass is 10.1. The molecule has 0 spiro atoms. The Morgan fingerprint density at radius 2 is 2.00 bits per heavy atom. The van der Waals surface area contributed by atoms with Crippen molar-refractivity contribution in [2.24, 2.45) is 0 Å². The van der Waals surface area contributed by atoms with Crippen LogP contribution in [-0.4, -0.2) is 53.9 Å². The van der Waals surface area contributed by atoms with Crippen LogP contribution in [0.15, 0.2) is 0 Å². The van der Waals surface area contributed by atoms with Gasteiger partial charge in [-0.3, -0.25) is 0 Å². The fourth-order valence-corrected chi connectivity index (χ4v) is 2.57. The van der Waals surface area contributed by atoms with Crippen LogP contribution >= 0.6 is 0 Å². The first-order valence-electron chi connectivity index (χ1n) is 7.11. The summed E-state index contributed by atoms with van der Waals surface area (Å²) < 4.78 is 0. The van der Waals surface area contributed by atoms with Gasteiger partial charge in [-0.2, -0.15) is 0 Å². The molecule has 3 N–H and O–H groups in total. The molecule has 5 heteroatoms. The Morgan fingerprint density at radius 3 is 2.56 bits per heavy atom. The minimum atomic E-state index is -0.0965. The van der Waals surface area contributed by atoms with Crippen molar-refractivity contribution in [1.82, 2.24) is 15.5 Å². The van der Waals surface area contributed by atoms with E-state index in [2.05, 4.69) is 15.5 Å². The van der Waals surface area contributed by atoms with E-state index in [9.17, 15) is 4.79 Å². The molecule has 0 aromatic heterocycles. The topological polar surface area (TPSA) is 64.6 Å². The van der Waals surface area contributed by atoms with Crippen molar-refractivity contribution in [1.29, 1.82) is 0 Å². The van der Waals surface area contributed by atoms with E-state index in [0.29, 0.717) is 12.5 Å². The molecule has 1 heterocycles. The van der Waals surface area contributed by atoms with E-state index in [1.54, 1.807) is 0 Å². The summed E-state index contributed by atoms with van der Waals surface area (Å²) in [5.41, 5.74) is 0. The number of amides is 2. The SMILES string of the molecule is C[C@H](CCO)NC(=O)NC1CCN(C2CC2)CC1. The second-order valence-electron chi connectivity index (χ2n) is 5.57. The van der Waals surface area contributed by atoms with Crippen LogP contribution in [0.5, 0.6) is 0 Å². The van der Waals surface area contributed by atoms with Gasteiger partial charge >= 0.3 is 6.03 Å². The number of likely N-dealkylation sites (tertiary alicyclic amines) is 1. The Bertz CT molecular complexity index is 273. The standard InChI is InChI=1S/C13H25N3O2/c1-10(6-9-17)14-13(18)15-11-4-7-16(8-5-11)12-2-3-12/h10-12,17H,2-9H2,1H3,(H2,14,15,18)/t10-/m1/s1. The maximum Gasteiger partial charge on any atom is 0.315 e. The van der Waals surface area contributed by atoms with Crippen LogP contribution < -0.4 is 10.6 Å². The van der Waals surface area contributed by atoms with Crippen molar-refractivity contribution in [3.8, 4) is 0 Å². The first kappa shape index (κ1) is 13.6. The first-order valence-corrected chi connectivity index (χ1v) is 7.11. The van der Waals surface area contributed by atoms with Gasteiger partial charge in [0.15, 0.2) is 0 Å². The summed E-state index contributed by atoms with van der Waals surface area (Å²) in [6, 6.07) is 1.08. The number of urea groups is 1. The molecule has 1 saturated carbocycles. The molecule has 1 aliphatic heterocycles. The van der Waals surface area contributed by atoms with Gasteiger partial charge in [0.05, 0.1) is 0 Å². The van der Waals surface area contributed by atoms with Gasteiger partial charge in [-0.15, -0.1) is 0 Å². The summed E-state index contributed by atoms with van der Waals surface area (Å²) in [6.45, 7) is 4.25. The average Bonchev–Trinajstić information content (AvgIpc) is 3.14. The molecule has 104 valence electrons. The minimum absolute atomic E-state index is 0.0292. The second-order valence-corrected chi connectivity index (χ2v) is 5.57. The molecule has 2 fully saturated rings. The van der Waals surface area contributed by atoms with Crippen LogP contribution in [0.1, 0.15) is 39.0 Å². The molecule has 1 saturated heterocycles. The molecule has 1 atom stereocenters.